The number of carboxylic acids is 1. The molecule has 86 heavy (non-hydrogen) atoms. The maximum Gasteiger partial charge on any atom is 0.335 e. The highest BCUT2D eigenvalue weighted by Crippen LogP contribution is 2.76. The molecule has 0 aromatic rings. The highest BCUT2D eigenvalue weighted by Gasteiger charge is 2.71. The predicted molar refractivity (Wildman–Crippen MR) is 287 cm³/mol. The number of carboxylic acid groups (broad SMARTS) is 1. The summed E-state index contributed by atoms with van der Waals surface area (Å²) in [5.41, 5.74) is -2.43. The van der Waals surface area contributed by atoms with Gasteiger partial charge in [0.25, 0.3) is 0 Å². The summed E-state index contributed by atoms with van der Waals surface area (Å²) in [6.07, 6.45) is -36.5. The van der Waals surface area contributed by atoms with Crippen LogP contribution in [0.25, 0.3) is 0 Å². The number of hydrogen-bond acceptors (Lipinski definition) is 27. The lowest BCUT2D eigenvalue weighted by atomic mass is 9.33. The van der Waals surface area contributed by atoms with Crippen LogP contribution in [-0.2, 0) is 52.2 Å². The lowest BCUT2D eigenvalue weighted by Gasteiger charge is -2.72. The van der Waals surface area contributed by atoms with E-state index in [1.54, 1.807) is 0 Å². The summed E-state index contributed by atoms with van der Waals surface area (Å²) in [4.78, 5) is 12.6. The fraction of sp³-hybridized carbons (Fsp3) is 0.948. The van der Waals surface area contributed by atoms with Crippen LogP contribution in [0.15, 0.2) is 11.6 Å². The smallest absolute Gasteiger partial charge is 0.335 e. The van der Waals surface area contributed by atoms with Gasteiger partial charge >= 0.3 is 5.97 Å². The van der Waals surface area contributed by atoms with E-state index in [9.17, 15) is 91.6 Å². The second-order valence-electron chi connectivity index (χ2n) is 28.3. The molecule has 0 spiro atoms. The van der Waals surface area contributed by atoms with E-state index in [4.69, 9.17) is 47.4 Å². The van der Waals surface area contributed by atoms with Crippen LogP contribution in [0.3, 0.4) is 0 Å². The van der Waals surface area contributed by atoms with Crippen molar-refractivity contribution < 1.29 is 139 Å². The van der Waals surface area contributed by atoms with Crippen molar-refractivity contribution in [2.24, 2.45) is 50.2 Å². The van der Waals surface area contributed by atoms with E-state index < -0.39 is 212 Å². The monoisotopic (exact) mass is 1240 g/mol. The Balaban J connectivity index is 0.894. The van der Waals surface area contributed by atoms with Crippen LogP contribution in [0.1, 0.15) is 99.8 Å². The Kier molecular flexibility index (Phi) is 19.2. The van der Waals surface area contributed by atoms with Crippen LogP contribution < -0.4 is 0 Å². The van der Waals surface area contributed by atoms with Crippen molar-refractivity contribution in [3.8, 4) is 0 Å². The summed E-state index contributed by atoms with van der Waals surface area (Å²) in [6, 6.07) is 0. The van der Waals surface area contributed by atoms with Gasteiger partial charge in [-0.1, -0.05) is 60.1 Å². The zero-order valence-electron chi connectivity index (χ0n) is 49.6. The van der Waals surface area contributed by atoms with Gasteiger partial charge in [0.15, 0.2) is 37.6 Å². The van der Waals surface area contributed by atoms with Crippen LogP contribution >= 0.6 is 0 Å². The number of rotatable bonds is 14. The molecule has 17 N–H and O–H groups in total. The normalized spacial score (nSPS) is 55.7. The number of carbonyl (C=O) groups is 1. The van der Waals surface area contributed by atoms with Crippen LogP contribution in [0.2, 0.25) is 0 Å². The third-order valence-corrected chi connectivity index (χ3v) is 23.2. The fourth-order valence-corrected chi connectivity index (χ4v) is 17.6. The van der Waals surface area contributed by atoms with Crippen molar-refractivity contribution in [1.29, 1.82) is 0 Å². The Morgan fingerprint density at radius 3 is 1.72 bits per heavy atom. The van der Waals surface area contributed by atoms with Crippen molar-refractivity contribution in [1.82, 2.24) is 0 Å². The summed E-state index contributed by atoms with van der Waals surface area (Å²) in [5.74, 6) is -1.99. The van der Waals surface area contributed by atoms with Gasteiger partial charge in [-0.25, -0.2) is 4.79 Å². The van der Waals surface area contributed by atoms with Gasteiger partial charge in [0, 0.05) is 10.8 Å². The Hall–Kier alpha value is -1.83. The molecule has 10 rings (SSSR count). The summed E-state index contributed by atoms with van der Waals surface area (Å²) >= 11 is 0. The third-order valence-electron chi connectivity index (χ3n) is 23.2. The standard InChI is InChI=1S/C58H94O28/c1-53(2)16-23-22-8-9-29-55(4)12-11-30(81-52-44(37(70)36(69)42(83-52)47(75)76)85-51-43(35(68)33(66)27(18-60)80-51)84-50-39(72)34(67)32(65)26(17-59)79-50)56(5,21-61)28(55)10-13-58(29,7)57(22,6)15-14-54(23,3)46(45(53)74)86-49-40(73)41(25(63)20-78-49)82-48-38(71)31(64)24(62)19-77-48/h8,23-46,48-52,59-74H,9-21H2,1-7H3,(H,75,76)/t23?,24-,25+,26-,27-,28?,29?,30?,31-,32-,33+,34+,35-,36+,37-,38-,39-,40-,41-,42+,43-,44-,45+,46-,48+,49+,50+,51+,52-,54-,55+,56-,57?,58-/m1/s1. The molecule has 5 aliphatic carbocycles. The topological polar surface area (TPSA) is 453 Å². The van der Waals surface area contributed by atoms with Gasteiger partial charge in [0.2, 0.25) is 0 Å². The molecule has 5 aliphatic heterocycles. The van der Waals surface area contributed by atoms with Crippen LogP contribution in [-0.4, -0.2) is 285 Å². The van der Waals surface area contributed by atoms with E-state index in [-0.39, 0.29) is 42.8 Å². The number of allylic oxidation sites excluding steroid dienone is 2. The third kappa shape index (κ3) is 10.9. The molecule has 0 aromatic heterocycles. The van der Waals surface area contributed by atoms with Gasteiger partial charge in [0.1, 0.15) is 104 Å². The molecule has 0 bridgehead atoms. The zero-order chi connectivity index (χ0) is 62.9. The molecule has 10 aliphatic rings. The Morgan fingerprint density at radius 2 is 1.09 bits per heavy atom. The minimum Gasteiger partial charge on any atom is -0.479 e. The molecule has 4 saturated carbocycles. The Bertz CT molecular complexity index is 2410. The first-order valence-corrected chi connectivity index (χ1v) is 30.4. The van der Waals surface area contributed by atoms with Crippen molar-refractivity contribution in [3.63, 3.8) is 0 Å². The molecule has 0 amide bonds. The summed E-state index contributed by atoms with van der Waals surface area (Å²) < 4.78 is 60.1. The Morgan fingerprint density at radius 1 is 0.535 bits per heavy atom. The first kappa shape index (κ1) is 67.1. The lowest BCUT2D eigenvalue weighted by molar-refractivity contribution is -0.397. The number of aliphatic hydroxyl groups excluding tert-OH is 16. The summed E-state index contributed by atoms with van der Waals surface area (Å²) in [6.45, 7) is 12.0. The van der Waals surface area contributed by atoms with Gasteiger partial charge in [0.05, 0.1) is 51.3 Å². The second-order valence-corrected chi connectivity index (χ2v) is 28.3. The van der Waals surface area contributed by atoms with E-state index in [1.807, 2.05) is 20.8 Å². The molecule has 0 aromatic carbocycles. The predicted octanol–water partition coefficient (Wildman–Crippen LogP) is -4.43. The first-order valence-electron chi connectivity index (χ1n) is 30.4. The van der Waals surface area contributed by atoms with Gasteiger partial charge in [-0.3, -0.25) is 0 Å². The van der Waals surface area contributed by atoms with Crippen LogP contribution in [0.5, 0.6) is 0 Å². The highest BCUT2D eigenvalue weighted by atomic mass is 16.8. The number of fused-ring (bicyclic) bond motifs is 7. The molecule has 0 radical (unpaired) electrons. The molecular weight excluding hydrogens is 1140 g/mol. The van der Waals surface area contributed by atoms with Crippen molar-refractivity contribution in [2.45, 2.75) is 259 Å². The fourth-order valence-electron chi connectivity index (χ4n) is 17.6. The zero-order valence-corrected chi connectivity index (χ0v) is 49.6. The van der Waals surface area contributed by atoms with E-state index in [0.717, 1.165) is 0 Å². The Labute approximate surface area is 498 Å². The summed E-state index contributed by atoms with van der Waals surface area (Å²) in [7, 11) is 0. The number of aliphatic carboxylic acids is 1. The molecule has 28 nitrogen and oxygen atoms in total. The summed E-state index contributed by atoms with van der Waals surface area (Å²) in [5, 5.41) is 185. The van der Waals surface area contributed by atoms with Crippen molar-refractivity contribution in [2.75, 3.05) is 33.0 Å². The largest absolute Gasteiger partial charge is 0.479 e. The molecule has 9 fully saturated rings. The van der Waals surface area contributed by atoms with Crippen LogP contribution in [0.4, 0.5) is 0 Å². The average molecular weight is 1240 g/mol. The quantitative estimate of drug-likeness (QED) is 0.0576. The van der Waals surface area contributed by atoms with Crippen molar-refractivity contribution >= 4 is 5.97 Å². The molecule has 494 valence electrons. The van der Waals surface area contributed by atoms with Crippen LogP contribution in [0, 0.1) is 50.2 Å². The van der Waals surface area contributed by atoms with Gasteiger partial charge in [-0.15, -0.1) is 0 Å². The van der Waals surface area contributed by atoms with Gasteiger partial charge in [-0.05, 0) is 90.8 Å². The van der Waals surface area contributed by atoms with E-state index in [2.05, 4.69) is 33.8 Å². The van der Waals surface area contributed by atoms with E-state index in [0.29, 0.717) is 44.9 Å². The molecule has 28 heteroatoms. The molecule has 5 saturated heterocycles. The lowest BCUT2D eigenvalue weighted by Crippen LogP contribution is -2.69. The van der Waals surface area contributed by atoms with Gasteiger partial charge in [-0.2, -0.15) is 0 Å². The maximum absolute atomic E-state index is 12.6. The first-order chi connectivity index (χ1) is 40.3. The molecule has 5 heterocycles. The average Bonchev–Trinajstić information content (AvgIpc) is 0.730. The van der Waals surface area contributed by atoms with Gasteiger partial charge < -0.3 is 134 Å². The SMILES string of the molecule is CC1(C)CC2C3=CCC4[C@@]5(C)CCC(O[C@@H]6O[C@H](C(=O)O)[C@@H](O)[C@@H](O)[C@H]6O[C@@H]6O[C@H](CO)[C@H](O)[C@@H](O)[C@H]6O[C@@H]6O[C@H](CO)[C@@H](O)[C@H](O)[C@H]6O)[C@](C)(CO)C5CC[C@@]4(C)C3(C)CC[C@@]2(C)[C@H](O[C@@H]2OC[C@H](O)[C@@H](O[C@@H]3OC[C@@H](O)[C@@H](O)[C@H]3O)[C@H]2O)[C@@H]1O. The van der Waals surface area contributed by atoms with E-state index >= 15 is 0 Å². The highest BCUT2D eigenvalue weighted by molar-refractivity contribution is 5.73. The second kappa shape index (κ2) is 24.6. The number of aliphatic hydroxyl groups is 16. The maximum atomic E-state index is 12.6. The number of ether oxygens (including phenoxy) is 10. The van der Waals surface area contributed by atoms with Crippen molar-refractivity contribution in [3.05, 3.63) is 11.6 Å². The molecule has 34 atom stereocenters. The van der Waals surface area contributed by atoms with E-state index in [1.165, 1.54) is 5.57 Å². The minimum atomic E-state index is -2.16. The minimum absolute atomic E-state index is 0.0406. The molecular formula is C58H94O28. The number of hydrogen-bond donors (Lipinski definition) is 17. The molecule has 5 unspecified atom stereocenters.